The van der Waals surface area contributed by atoms with E-state index in [2.05, 4.69) is 37.2 Å². The number of hydrogen-bond donors (Lipinski definition) is 1. The second-order valence-electron chi connectivity index (χ2n) is 3.98. The van der Waals surface area contributed by atoms with Gasteiger partial charge in [-0.1, -0.05) is 38.8 Å². The van der Waals surface area contributed by atoms with Gasteiger partial charge in [-0.05, 0) is 24.6 Å². The van der Waals surface area contributed by atoms with Crippen LogP contribution in [0.5, 0.6) is 0 Å². The number of amides is 1. The van der Waals surface area contributed by atoms with Crippen LogP contribution in [-0.4, -0.2) is 22.1 Å². The van der Waals surface area contributed by atoms with Gasteiger partial charge in [0.05, 0.1) is 5.54 Å². The fourth-order valence-corrected chi connectivity index (χ4v) is 3.33. The molecule has 100 valence electrons. The molecule has 18 heavy (non-hydrogen) atoms. The van der Waals surface area contributed by atoms with Gasteiger partial charge in [-0.3, -0.25) is 4.79 Å². The zero-order valence-corrected chi connectivity index (χ0v) is 12.9. The van der Waals surface area contributed by atoms with Crippen LogP contribution >= 0.6 is 31.9 Å². The van der Waals surface area contributed by atoms with E-state index in [1.807, 2.05) is 6.92 Å². The summed E-state index contributed by atoms with van der Waals surface area (Å²) in [6.07, 6.45) is 0.707. The van der Waals surface area contributed by atoms with Crippen LogP contribution < -0.4 is 5.32 Å². The minimum atomic E-state index is -1.03. The molecule has 0 bridgehead atoms. The van der Waals surface area contributed by atoms with Crippen LogP contribution in [0.3, 0.4) is 0 Å². The van der Waals surface area contributed by atoms with Crippen LogP contribution in [0.1, 0.15) is 23.7 Å². The van der Waals surface area contributed by atoms with Crippen molar-refractivity contribution in [2.75, 3.05) is 10.7 Å². The average Bonchev–Trinajstić information content (AvgIpc) is 2.39. The molecule has 1 aromatic rings. The lowest BCUT2D eigenvalue weighted by atomic mass is 10.0. The summed E-state index contributed by atoms with van der Waals surface area (Å²) in [6, 6.07) is 3.10. The standard InChI is InChI=1S/C12H13Br2F2NO/c1-2-12(6-13,7-14)17-11(18)8-3-4-9(15)10(16)5-8/h3-5H,2,6-7H2,1H3,(H,17,18). The number of carbonyl (C=O) groups is 1. The molecule has 1 N–H and O–H groups in total. The molecule has 0 fully saturated rings. The molecular weight excluding hydrogens is 372 g/mol. The van der Waals surface area contributed by atoms with Crippen LogP contribution in [0.25, 0.3) is 0 Å². The second kappa shape index (κ2) is 6.61. The lowest BCUT2D eigenvalue weighted by Crippen LogP contribution is -2.51. The van der Waals surface area contributed by atoms with Gasteiger partial charge in [0.15, 0.2) is 11.6 Å². The summed E-state index contributed by atoms with van der Waals surface area (Å²) >= 11 is 6.68. The lowest BCUT2D eigenvalue weighted by Gasteiger charge is -2.30. The first kappa shape index (κ1) is 15.6. The van der Waals surface area contributed by atoms with Crippen LogP contribution in [0.2, 0.25) is 0 Å². The first-order valence-electron chi connectivity index (χ1n) is 5.37. The van der Waals surface area contributed by atoms with Crippen molar-refractivity contribution in [1.29, 1.82) is 0 Å². The van der Waals surface area contributed by atoms with Crippen LogP contribution in [0, 0.1) is 11.6 Å². The van der Waals surface area contributed by atoms with Gasteiger partial charge in [0.1, 0.15) is 0 Å². The van der Waals surface area contributed by atoms with Gasteiger partial charge in [-0.15, -0.1) is 0 Å². The van der Waals surface area contributed by atoms with E-state index in [9.17, 15) is 13.6 Å². The number of nitrogens with one attached hydrogen (secondary N) is 1. The molecule has 0 aliphatic rings. The molecular formula is C12H13Br2F2NO. The second-order valence-corrected chi connectivity index (χ2v) is 5.11. The largest absolute Gasteiger partial charge is 0.345 e. The lowest BCUT2D eigenvalue weighted by molar-refractivity contribution is 0.0915. The quantitative estimate of drug-likeness (QED) is 0.771. The highest BCUT2D eigenvalue weighted by Gasteiger charge is 2.28. The van der Waals surface area contributed by atoms with Crippen molar-refractivity contribution >= 4 is 37.8 Å². The minimum Gasteiger partial charge on any atom is -0.345 e. The summed E-state index contributed by atoms with van der Waals surface area (Å²) in [7, 11) is 0. The Morgan fingerprint density at radius 1 is 1.28 bits per heavy atom. The van der Waals surface area contributed by atoms with Crippen molar-refractivity contribution in [2.24, 2.45) is 0 Å². The van der Waals surface area contributed by atoms with Crippen LogP contribution in [0.4, 0.5) is 8.78 Å². The summed E-state index contributed by atoms with van der Waals surface area (Å²) in [5, 5.41) is 3.95. The monoisotopic (exact) mass is 383 g/mol. The fraction of sp³-hybridized carbons (Fsp3) is 0.417. The van der Waals surface area contributed by atoms with E-state index in [0.29, 0.717) is 17.1 Å². The van der Waals surface area contributed by atoms with Crippen molar-refractivity contribution < 1.29 is 13.6 Å². The molecule has 1 aromatic carbocycles. The SMILES string of the molecule is CCC(CBr)(CBr)NC(=O)c1ccc(F)c(F)c1. The highest BCUT2D eigenvalue weighted by Crippen LogP contribution is 2.18. The number of halogens is 4. The maximum absolute atomic E-state index is 13.0. The first-order chi connectivity index (χ1) is 8.48. The summed E-state index contributed by atoms with van der Waals surface area (Å²) < 4.78 is 25.8. The van der Waals surface area contributed by atoms with Gasteiger partial charge in [0.25, 0.3) is 5.91 Å². The predicted octanol–water partition coefficient (Wildman–Crippen LogP) is 3.63. The number of alkyl halides is 2. The van der Waals surface area contributed by atoms with Gasteiger partial charge in [0, 0.05) is 16.2 Å². The molecule has 0 spiro atoms. The van der Waals surface area contributed by atoms with Gasteiger partial charge in [-0.25, -0.2) is 8.78 Å². The fourth-order valence-electron chi connectivity index (χ4n) is 1.33. The highest BCUT2D eigenvalue weighted by molar-refractivity contribution is 9.09. The zero-order valence-electron chi connectivity index (χ0n) is 9.77. The molecule has 0 heterocycles. The van der Waals surface area contributed by atoms with E-state index in [1.54, 1.807) is 0 Å². The van der Waals surface area contributed by atoms with Crippen molar-refractivity contribution in [3.63, 3.8) is 0 Å². The molecule has 0 saturated carbocycles. The Bertz CT molecular complexity index is 428. The molecule has 0 aromatic heterocycles. The Morgan fingerprint density at radius 2 is 1.89 bits per heavy atom. The Kier molecular flexibility index (Phi) is 5.72. The smallest absolute Gasteiger partial charge is 0.251 e. The Hall–Kier alpha value is -0.490. The van der Waals surface area contributed by atoms with Crippen LogP contribution in [0.15, 0.2) is 18.2 Å². The van der Waals surface area contributed by atoms with Gasteiger partial charge >= 0.3 is 0 Å². The zero-order chi connectivity index (χ0) is 13.8. The Labute approximate surface area is 121 Å². The Morgan fingerprint density at radius 3 is 2.33 bits per heavy atom. The highest BCUT2D eigenvalue weighted by atomic mass is 79.9. The molecule has 2 nitrogen and oxygen atoms in total. The number of benzene rings is 1. The maximum Gasteiger partial charge on any atom is 0.251 e. The molecule has 1 amide bonds. The summed E-state index contributed by atoms with van der Waals surface area (Å²) in [5.74, 6) is -2.41. The molecule has 0 aliphatic heterocycles. The van der Waals surface area contributed by atoms with Crippen molar-refractivity contribution in [1.82, 2.24) is 5.32 Å². The molecule has 0 saturated heterocycles. The van der Waals surface area contributed by atoms with Gasteiger partial charge < -0.3 is 5.32 Å². The first-order valence-corrected chi connectivity index (χ1v) is 7.62. The topological polar surface area (TPSA) is 29.1 Å². The molecule has 6 heteroatoms. The normalized spacial score (nSPS) is 11.4. The maximum atomic E-state index is 13.0. The molecule has 0 aliphatic carbocycles. The Balaban J connectivity index is 2.90. The summed E-state index contributed by atoms with van der Waals surface area (Å²) in [5.41, 5.74) is -0.337. The van der Waals surface area contributed by atoms with Crippen LogP contribution in [-0.2, 0) is 0 Å². The average molecular weight is 385 g/mol. The number of hydrogen-bond acceptors (Lipinski definition) is 1. The third kappa shape index (κ3) is 3.51. The summed E-state index contributed by atoms with van der Waals surface area (Å²) in [4.78, 5) is 12.0. The summed E-state index contributed by atoms with van der Waals surface area (Å²) in [6.45, 7) is 1.94. The van der Waals surface area contributed by atoms with E-state index in [0.717, 1.165) is 12.1 Å². The van der Waals surface area contributed by atoms with E-state index in [1.165, 1.54) is 6.07 Å². The van der Waals surface area contributed by atoms with E-state index >= 15 is 0 Å². The minimum absolute atomic E-state index is 0.105. The number of rotatable bonds is 5. The van der Waals surface area contributed by atoms with Crippen molar-refractivity contribution in [3.05, 3.63) is 35.4 Å². The van der Waals surface area contributed by atoms with E-state index < -0.39 is 23.1 Å². The van der Waals surface area contributed by atoms with Gasteiger partial charge in [0.2, 0.25) is 0 Å². The van der Waals surface area contributed by atoms with Crippen molar-refractivity contribution in [3.8, 4) is 0 Å². The van der Waals surface area contributed by atoms with Crippen molar-refractivity contribution in [2.45, 2.75) is 18.9 Å². The molecule has 0 atom stereocenters. The van der Waals surface area contributed by atoms with Gasteiger partial charge in [-0.2, -0.15) is 0 Å². The third-order valence-electron chi connectivity index (χ3n) is 2.75. The van der Waals surface area contributed by atoms with E-state index in [-0.39, 0.29) is 5.56 Å². The number of carbonyl (C=O) groups excluding carboxylic acids is 1. The van der Waals surface area contributed by atoms with E-state index in [4.69, 9.17) is 0 Å². The molecule has 0 unspecified atom stereocenters. The predicted molar refractivity (Wildman–Crippen MR) is 74.4 cm³/mol. The molecule has 1 rings (SSSR count). The molecule has 0 radical (unpaired) electrons. The third-order valence-corrected chi connectivity index (χ3v) is 4.90.